The molecule has 0 saturated carbocycles. The first kappa shape index (κ1) is 12.2. The number of carboxylic acids is 1. The Bertz CT molecular complexity index is 535. The minimum absolute atomic E-state index is 0.0683. The minimum Gasteiger partial charge on any atom is -0.478 e. The Hall–Kier alpha value is -1.88. The van der Waals surface area contributed by atoms with Gasteiger partial charge in [0.05, 0.1) is 11.6 Å². The van der Waals surface area contributed by atoms with Crippen molar-refractivity contribution in [3.63, 3.8) is 0 Å². The summed E-state index contributed by atoms with van der Waals surface area (Å²) in [4.78, 5) is 25.2. The molecule has 0 aliphatic carbocycles. The van der Waals surface area contributed by atoms with E-state index in [-0.39, 0.29) is 17.5 Å². The summed E-state index contributed by atoms with van der Waals surface area (Å²) in [5.41, 5.74) is 2.05. The molecular formula is C14H16N2O3. The zero-order valence-electron chi connectivity index (χ0n) is 10.6. The Morgan fingerprint density at radius 1 is 1.37 bits per heavy atom. The molecule has 2 aliphatic heterocycles. The summed E-state index contributed by atoms with van der Waals surface area (Å²) < 4.78 is 0. The van der Waals surface area contributed by atoms with Crippen molar-refractivity contribution in [3.05, 3.63) is 29.3 Å². The van der Waals surface area contributed by atoms with E-state index in [2.05, 4.69) is 5.32 Å². The Morgan fingerprint density at radius 2 is 2.21 bits per heavy atom. The van der Waals surface area contributed by atoms with Crippen LogP contribution in [0.15, 0.2) is 18.2 Å². The smallest absolute Gasteiger partial charge is 0.335 e. The largest absolute Gasteiger partial charge is 0.478 e. The van der Waals surface area contributed by atoms with Crippen LogP contribution in [0.25, 0.3) is 0 Å². The van der Waals surface area contributed by atoms with Crippen molar-refractivity contribution in [2.24, 2.45) is 0 Å². The minimum atomic E-state index is -0.957. The van der Waals surface area contributed by atoms with Crippen molar-refractivity contribution in [2.45, 2.75) is 25.3 Å². The van der Waals surface area contributed by atoms with Gasteiger partial charge in [-0.1, -0.05) is 6.07 Å². The summed E-state index contributed by atoms with van der Waals surface area (Å²) in [5.74, 6) is -0.889. The van der Waals surface area contributed by atoms with E-state index in [4.69, 9.17) is 5.11 Å². The van der Waals surface area contributed by atoms with E-state index in [1.54, 1.807) is 17.0 Å². The average Bonchev–Trinajstić information content (AvgIpc) is 3.06. The van der Waals surface area contributed by atoms with Gasteiger partial charge in [-0.25, -0.2) is 4.79 Å². The second-order valence-corrected chi connectivity index (χ2v) is 5.04. The number of benzene rings is 1. The standard InChI is InChI=1S/C14H16N2O3/c17-13(11-2-1-6-15-11)16-7-5-9-3-4-10(14(18)19)8-12(9)16/h3-4,8,11,15H,1-2,5-7H2,(H,18,19). The lowest BCUT2D eigenvalue weighted by atomic mass is 10.1. The van der Waals surface area contributed by atoms with Crippen LogP contribution in [0.1, 0.15) is 28.8 Å². The topological polar surface area (TPSA) is 69.6 Å². The highest BCUT2D eigenvalue weighted by molar-refractivity contribution is 6.00. The van der Waals surface area contributed by atoms with Gasteiger partial charge in [0.1, 0.15) is 0 Å². The van der Waals surface area contributed by atoms with Crippen LogP contribution in [0.2, 0.25) is 0 Å². The molecule has 1 aromatic carbocycles. The van der Waals surface area contributed by atoms with Crippen LogP contribution >= 0.6 is 0 Å². The number of fused-ring (bicyclic) bond motifs is 1. The number of amides is 1. The van der Waals surface area contributed by atoms with Crippen molar-refractivity contribution < 1.29 is 14.7 Å². The molecule has 1 unspecified atom stereocenters. The summed E-state index contributed by atoms with van der Waals surface area (Å²) in [6.45, 7) is 1.53. The Morgan fingerprint density at radius 3 is 2.89 bits per heavy atom. The van der Waals surface area contributed by atoms with E-state index in [0.29, 0.717) is 6.54 Å². The molecule has 5 nitrogen and oxygen atoms in total. The van der Waals surface area contributed by atoms with Gasteiger partial charge in [0.15, 0.2) is 0 Å². The maximum atomic E-state index is 12.4. The van der Waals surface area contributed by atoms with Crippen molar-refractivity contribution in [3.8, 4) is 0 Å². The van der Waals surface area contributed by atoms with Crippen molar-refractivity contribution in [1.82, 2.24) is 5.32 Å². The number of hydrogen-bond donors (Lipinski definition) is 2. The number of nitrogens with zero attached hydrogens (tertiary/aromatic N) is 1. The molecule has 3 rings (SSSR count). The second kappa shape index (κ2) is 4.66. The monoisotopic (exact) mass is 260 g/mol. The molecule has 0 radical (unpaired) electrons. The predicted octanol–water partition coefficient (Wildman–Crippen LogP) is 1.03. The van der Waals surface area contributed by atoms with Crippen LogP contribution in [0, 0.1) is 0 Å². The first-order chi connectivity index (χ1) is 9.16. The van der Waals surface area contributed by atoms with Gasteiger partial charge in [-0.2, -0.15) is 0 Å². The molecule has 19 heavy (non-hydrogen) atoms. The predicted molar refractivity (Wildman–Crippen MR) is 70.5 cm³/mol. The molecule has 1 fully saturated rings. The van der Waals surface area contributed by atoms with Gasteiger partial charge in [-0.15, -0.1) is 0 Å². The number of carbonyl (C=O) groups excluding carboxylic acids is 1. The zero-order valence-corrected chi connectivity index (χ0v) is 10.6. The van der Waals surface area contributed by atoms with Crippen LogP contribution in [0.5, 0.6) is 0 Å². The summed E-state index contributed by atoms with van der Waals surface area (Å²) in [7, 11) is 0. The number of hydrogen-bond acceptors (Lipinski definition) is 3. The summed E-state index contributed by atoms with van der Waals surface area (Å²) >= 11 is 0. The normalized spacial score (nSPS) is 21.5. The molecule has 0 spiro atoms. The van der Waals surface area contributed by atoms with Crippen LogP contribution in [0.4, 0.5) is 5.69 Å². The van der Waals surface area contributed by atoms with Gasteiger partial charge in [-0.05, 0) is 43.5 Å². The number of carbonyl (C=O) groups is 2. The third kappa shape index (κ3) is 2.10. The van der Waals surface area contributed by atoms with Gasteiger partial charge in [0.25, 0.3) is 0 Å². The molecule has 0 aromatic heterocycles. The number of carboxylic acid groups (broad SMARTS) is 1. The van der Waals surface area contributed by atoms with Crippen molar-refractivity contribution in [2.75, 3.05) is 18.0 Å². The molecule has 1 atom stereocenters. The Kier molecular flexibility index (Phi) is 2.98. The highest BCUT2D eigenvalue weighted by atomic mass is 16.4. The molecule has 0 bridgehead atoms. The van der Waals surface area contributed by atoms with E-state index in [1.165, 1.54) is 0 Å². The lowest BCUT2D eigenvalue weighted by molar-refractivity contribution is -0.120. The lowest BCUT2D eigenvalue weighted by Crippen LogP contribution is -2.43. The molecule has 2 heterocycles. The zero-order chi connectivity index (χ0) is 13.4. The number of aromatic carboxylic acids is 1. The summed E-state index contributed by atoms with van der Waals surface area (Å²) in [6, 6.07) is 4.91. The van der Waals surface area contributed by atoms with Crippen LogP contribution in [0.3, 0.4) is 0 Å². The molecule has 100 valence electrons. The highest BCUT2D eigenvalue weighted by Gasteiger charge is 2.31. The van der Waals surface area contributed by atoms with Crippen molar-refractivity contribution in [1.29, 1.82) is 0 Å². The van der Waals surface area contributed by atoms with Gasteiger partial charge >= 0.3 is 5.97 Å². The van der Waals surface area contributed by atoms with Crippen LogP contribution < -0.4 is 10.2 Å². The van der Waals surface area contributed by atoms with Gasteiger partial charge in [0, 0.05) is 12.2 Å². The van der Waals surface area contributed by atoms with Gasteiger partial charge < -0.3 is 15.3 Å². The molecule has 1 aromatic rings. The molecular weight excluding hydrogens is 244 g/mol. The van der Waals surface area contributed by atoms with E-state index in [9.17, 15) is 9.59 Å². The summed E-state index contributed by atoms with van der Waals surface area (Å²) in [6.07, 6.45) is 2.68. The third-order valence-electron chi connectivity index (χ3n) is 3.85. The lowest BCUT2D eigenvalue weighted by Gasteiger charge is -2.21. The molecule has 1 amide bonds. The fourth-order valence-electron chi connectivity index (χ4n) is 2.82. The maximum Gasteiger partial charge on any atom is 0.335 e. The first-order valence-corrected chi connectivity index (χ1v) is 6.58. The number of nitrogens with one attached hydrogen (secondary N) is 1. The number of rotatable bonds is 2. The SMILES string of the molecule is O=C(O)c1ccc2c(c1)N(C(=O)C1CCCN1)CC2. The second-order valence-electron chi connectivity index (χ2n) is 5.04. The quantitative estimate of drug-likeness (QED) is 0.833. The summed E-state index contributed by atoms with van der Waals surface area (Å²) in [5, 5.41) is 12.2. The third-order valence-corrected chi connectivity index (χ3v) is 3.85. The molecule has 1 saturated heterocycles. The first-order valence-electron chi connectivity index (χ1n) is 6.58. The molecule has 5 heteroatoms. The van der Waals surface area contributed by atoms with E-state index in [0.717, 1.165) is 37.1 Å². The average molecular weight is 260 g/mol. The van der Waals surface area contributed by atoms with Gasteiger partial charge in [0.2, 0.25) is 5.91 Å². The number of anilines is 1. The highest BCUT2D eigenvalue weighted by Crippen LogP contribution is 2.30. The Labute approximate surface area is 111 Å². The fraction of sp³-hybridized carbons (Fsp3) is 0.429. The van der Waals surface area contributed by atoms with Crippen LogP contribution in [-0.2, 0) is 11.2 Å². The van der Waals surface area contributed by atoms with E-state index < -0.39 is 5.97 Å². The van der Waals surface area contributed by atoms with Gasteiger partial charge in [-0.3, -0.25) is 4.79 Å². The van der Waals surface area contributed by atoms with Crippen molar-refractivity contribution >= 4 is 17.6 Å². The van der Waals surface area contributed by atoms with Crippen LogP contribution in [-0.4, -0.2) is 36.1 Å². The Balaban J connectivity index is 1.89. The van der Waals surface area contributed by atoms with E-state index in [1.807, 2.05) is 6.07 Å². The molecule has 2 N–H and O–H groups in total. The fourth-order valence-corrected chi connectivity index (χ4v) is 2.82. The van der Waals surface area contributed by atoms with E-state index >= 15 is 0 Å². The maximum absolute atomic E-state index is 12.4. The molecule has 2 aliphatic rings.